The number of amides is 2. The Hall–Kier alpha value is -2.58. The van der Waals surface area contributed by atoms with Gasteiger partial charge in [-0.25, -0.2) is 14.8 Å². The summed E-state index contributed by atoms with van der Waals surface area (Å²) < 4.78 is 39.7. The van der Waals surface area contributed by atoms with E-state index < -0.39 is 11.9 Å². The second-order valence-corrected chi connectivity index (χ2v) is 6.10. The number of urea groups is 1. The molecule has 0 fully saturated rings. The highest BCUT2D eigenvalue weighted by molar-refractivity contribution is 5.88. The number of rotatable bonds is 3. The van der Waals surface area contributed by atoms with Gasteiger partial charge in [0.1, 0.15) is 11.6 Å². The molecule has 0 bridgehead atoms. The second-order valence-electron chi connectivity index (χ2n) is 6.10. The molecule has 0 aliphatic carbocycles. The fourth-order valence-corrected chi connectivity index (χ4v) is 2.83. The van der Waals surface area contributed by atoms with Gasteiger partial charge < -0.3 is 9.88 Å². The first-order valence-corrected chi connectivity index (χ1v) is 7.93. The van der Waals surface area contributed by atoms with Crippen LogP contribution in [0.3, 0.4) is 0 Å². The lowest BCUT2D eigenvalue weighted by Crippen LogP contribution is -2.36. The molecule has 3 heterocycles. The first kappa shape index (κ1) is 17.2. The number of carbonyl (C=O) groups excluding carboxylic acids is 1. The van der Waals surface area contributed by atoms with Gasteiger partial charge in [-0.2, -0.15) is 13.2 Å². The average molecular weight is 353 g/mol. The topological polar surface area (TPSA) is 71.8 Å². The summed E-state index contributed by atoms with van der Waals surface area (Å²) in [6.07, 6.45) is -2.25. The number of anilines is 1. The van der Waals surface area contributed by atoms with E-state index >= 15 is 0 Å². The summed E-state index contributed by atoms with van der Waals surface area (Å²) >= 11 is 0. The Morgan fingerprint density at radius 1 is 1.36 bits per heavy atom. The maximum absolute atomic E-state index is 12.7. The molecule has 9 heteroatoms. The molecule has 2 N–H and O–H groups in total. The van der Waals surface area contributed by atoms with Crippen molar-refractivity contribution in [3.8, 4) is 0 Å². The number of fused-ring (bicyclic) bond motifs is 1. The monoisotopic (exact) mass is 353 g/mol. The number of pyridine rings is 1. The SMILES string of the molecule is Cc1cccc(NC(=O)NC[C@@H]2CCc3nc(C(F)(F)F)cn3C2)n1. The van der Waals surface area contributed by atoms with Crippen molar-refractivity contribution >= 4 is 11.8 Å². The van der Waals surface area contributed by atoms with Gasteiger partial charge in [0.05, 0.1) is 0 Å². The molecule has 0 unspecified atom stereocenters. The van der Waals surface area contributed by atoms with Crippen molar-refractivity contribution in [2.75, 3.05) is 11.9 Å². The quantitative estimate of drug-likeness (QED) is 0.891. The summed E-state index contributed by atoms with van der Waals surface area (Å²) in [5.41, 5.74) is -0.0717. The highest BCUT2D eigenvalue weighted by Gasteiger charge is 2.35. The lowest BCUT2D eigenvalue weighted by Gasteiger charge is -2.23. The Morgan fingerprint density at radius 3 is 2.88 bits per heavy atom. The van der Waals surface area contributed by atoms with Crippen LogP contribution in [0.2, 0.25) is 0 Å². The number of nitrogens with one attached hydrogen (secondary N) is 2. The van der Waals surface area contributed by atoms with Gasteiger partial charge in [-0.15, -0.1) is 0 Å². The number of carbonyl (C=O) groups is 1. The summed E-state index contributed by atoms with van der Waals surface area (Å²) in [6.45, 7) is 2.60. The normalized spacial score (nSPS) is 17.0. The zero-order valence-electron chi connectivity index (χ0n) is 13.6. The summed E-state index contributed by atoms with van der Waals surface area (Å²) in [5, 5.41) is 5.38. The van der Waals surface area contributed by atoms with Gasteiger partial charge in [0.2, 0.25) is 0 Å². The van der Waals surface area contributed by atoms with Gasteiger partial charge in [-0.1, -0.05) is 6.07 Å². The van der Waals surface area contributed by atoms with Gasteiger partial charge in [0, 0.05) is 31.4 Å². The fraction of sp³-hybridized carbons (Fsp3) is 0.438. The Morgan fingerprint density at radius 2 is 2.16 bits per heavy atom. The first-order valence-electron chi connectivity index (χ1n) is 7.93. The molecule has 6 nitrogen and oxygen atoms in total. The van der Waals surface area contributed by atoms with Crippen molar-refractivity contribution in [2.24, 2.45) is 5.92 Å². The Labute approximate surface area is 142 Å². The van der Waals surface area contributed by atoms with E-state index in [1.165, 1.54) is 4.57 Å². The Balaban J connectivity index is 1.53. The van der Waals surface area contributed by atoms with Crippen LogP contribution in [0.25, 0.3) is 0 Å². The molecule has 0 radical (unpaired) electrons. The minimum atomic E-state index is -4.43. The van der Waals surface area contributed by atoms with Crippen molar-refractivity contribution in [3.05, 3.63) is 41.6 Å². The standard InChI is InChI=1S/C16H18F3N5O/c1-10-3-2-4-13(21-10)23-15(25)20-7-11-5-6-14-22-12(16(17,18)19)9-24(14)8-11/h2-4,9,11H,5-8H2,1H3,(H2,20,21,23,25)/t11-/m0/s1. The molecule has 0 saturated heterocycles. The van der Waals surface area contributed by atoms with Crippen LogP contribution in [-0.2, 0) is 19.1 Å². The Bertz CT molecular complexity index is 771. The van der Waals surface area contributed by atoms with Crippen LogP contribution in [0.1, 0.15) is 23.6 Å². The summed E-state index contributed by atoms with van der Waals surface area (Å²) in [5.74, 6) is 0.948. The lowest BCUT2D eigenvalue weighted by molar-refractivity contribution is -0.141. The van der Waals surface area contributed by atoms with E-state index in [0.717, 1.165) is 11.9 Å². The van der Waals surface area contributed by atoms with Crippen molar-refractivity contribution in [1.29, 1.82) is 0 Å². The minimum Gasteiger partial charge on any atom is -0.337 e. The molecule has 2 aromatic rings. The third-order valence-corrected chi connectivity index (χ3v) is 4.06. The number of hydrogen-bond donors (Lipinski definition) is 2. The fourth-order valence-electron chi connectivity index (χ4n) is 2.83. The molecule has 1 aliphatic heterocycles. The number of aromatic nitrogens is 3. The van der Waals surface area contributed by atoms with Crippen molar-refractivity contribution in [3.63, 3.8) is 0 Å². The molecular weight excluding hydrogens is 335 g/mol. The molecule has 0 aromatic carbocycles. The minimum absolute atomic E-state index is 0.0546. The molecule has 0 spiro atoms. The average Bonchev–Trinajstić information content (AvgIpc) is 2.96. The molecule has 25 heavy (non-hydrogen) atoms. The number of halogens is 3. The van der Waals surface area contributed by atoms with E-state index in [4.69, 9.17) is 0 Å². The molecule has 3 rings (SSSR count). The zero-order chi connectivity index (χ0) is 18.0. The van der Waals surface area contributed by atoms with E-state index in [0.29, 0.717) is 37.6 Å². The largest absolute Gasteiger partial charge is 0.434 e. The van der Waals surface area contributed by atoms with Gasteiger partial charge in [0.25, 0.3) is 0 Å². The highest BCUT2D eigenvalue weighted by Crippen LogP contribution is 2.30. The van der Waals surface area contributed by atoms with Crippen LogP contribution in [0.15, 0.2) is 24.4 Å². The predicted octanol–water partition coefficient (Wildman–Crippen LogP) is 2.99. The predicted molar refractivity (Wildman–Crippen MR) is 85.0 cm³/mol. The zero-order valence-corrected chi connectivity index (χ0v) is 13.6. The second kappa shape index (κ2) is 6.73. The molecular formula is C16H18F3N5O. The number of hydrogen-bond acceptors (Lipinski definition) is 3. The lowest BCUT2D eigenvalue weighted by atomic mass is 9.99. The van der Waals surface area contributed by atoms with Crippen LogP contribution < -0.4 is 10.6 Å². The first-order chi connectivity index (χ1) is 11.8. The summed E-state index contributed by atoms with van der Waals surface area (Å²) in [7, 11) is 0. The van der Waals surface area contributed by atoms with Crippen LogP contribution in [0.4, 0.5) is 23.8 Å². The van der Waals surface area contributed by atoms with Crippen molar-refractivity contribution < 1.29 is 18.0 Å². The van der Waals surface area contributed by atoms with Gasteiger partial charge >= 0.3 is 12.2 Å². The molecule has 2 amide bonds. The molecule has 1 atom stereocenters. The van der Waals surface area contributed by atoms with Crippen LogP contribution in [-0.4, -0.2) is 27.1 Å². The molecule has 2 aromatic heterocycles. The number of alkyl halides is 3. The number of imidazole rings is 1. The van der Waals surface area contributed by atoms with E-state index in [9.17, 15) is 18.0 Å². The van der Waals surface area contributed by atoms with Crippen LogP contribution >= 0.6 is 0 Å². The van der Waals surface area contributed by atoms with E-state index in [1.54, 1.807) is 12.1 Å². The van der Waals surface area contributed by atoms with E-state index in [1.807, 2.05) is 13.0 Å². The van der Waals surface area contributed by atoms with Crippen LogP contribution in [0.5, 0.6) is 0 Å². The van der Waals surface area contributed by atoms with Gasteiger partial charge in [-0.05, 0) is 31.4 Å². The van der Waals surface area contributed by atoms with Gasteiger partial charge in [0.15, 0.2) is 5.69 Å². The van der Waals surface area contributed by atoms with Crippen LogP contribution in [0, 0.1) is 12.8 Å². The summed E-state index contributed by atoms with van der Waals surface area (Å²) in [6, 6.07) is 4.91. The third-order valence-electron chi connectivity index (χ3n) is 4.06. The van der Waals surface area contributed by atoms with E-state index in [-0.39, 0.29) is 11.9 Å². The smallest absolute Gasteiger partial charge is 0.337 e. The highest BCUT2D eigenvalue weighted by atomic mass is 19.4. The molecule has 134 valence electrons. The summed E-state index contributed by atoms with van der Waals surface area (Å²) in [4.78, 5) is 19.7. The van der Waals surface area contributed by atoms with Gasteiger partial charge in [-0.3, -0.25) is 5.32 Å². The van der Waals surface area contributed by atoms with Crippen molar-refractivity contribution in [2.45, 2.75) is 32.5 Å². The number of nitrogens with zero attached hydrogens (tertiary/aromatic N) is 3. The van der Waals surface area contributed by atoms with Crippen molar-refractivity contribution in [1.82, 2.24) is 19.9 Å². The Kier molecular flexibility index (Phi) is 4.65. The number of aryl methyl sites for hydroxylation is 2. The third kappa shape index (κ3) is 4.28. The molecule has 1 aliphatic rings. The maximum Gasteiger partial charge on any atom is 0.434 e. The molecule has 0 saturated carbocycles. The van der Waals surface area contributed by atoms with E-state index in [2.05, 4.69) is 20.6 Å². The maximum atomic E-state index is 12.7.